The van der Waals surface area contributed by atoms with Crippen molar-refractivity contribution < 1.29 is 9.53 Å². The molecule has 0 bridgehead atoms. The van der Waals surface area contributed by atoms with Gasteiger partial charge in [0.1, 0.15) is 12.0 Å². The molecule has 0 N–H and O–H groups in total. The number of nitrogens with zero attached hydrogens (tertiary/aromatic N) is 4. The van der Waals surface area contributed by atoms with Gasteiger partial charge in [0, 0.05) is 25.7 Å². The Morgan fingerprint density at radius 3 is 2.94 bits per heavy atom. The lowest BCUT2D eigenvalue weighted by Gasteiger charge is -2.00. The van der Waals surface area contributed by atoms with Crippen molar-refractivity contribution in [3.63, 3.8) is 0 Å². The Morgan fingerprint density at radius 1 is 1.47 bits per heavy atom. The number of methoxy groups -OCH3 is 1. The second-order valence-electron chi connectivity index (χ2n) is 3.57. The number of hydrogen-bond donors (Lipinski definition) is 0. The van der Waals surface area contributed by atoms with Crippen LogP contribution in [-0.2, 0) is 13.5 Å². The van der Waals surface area contributed by atoms with Gasteiger partial charge in [-0.25, -0.2) is 9.97 Å². The summed E-state index contributed by atoms with van der Waals surface area (Å²) >= 11 is 0. The number of ether oxygens (including phenoxy) is 1. The van der Waals surface area contributed by atoms with E-state index in [9.17, 15) is 4.79 Å². The molecular weight excluding hydrogens is 220 g/mol. The largest absolute Gasteiger partial charge is 0.481 e. The molecule has 0 aliphatic heterocycles. The Morgan fingerprint density at radius 2 is 2.29 bits per heavy atom. The fraction of sp³-hybridized carbons (Fsp3) is 0.273. The number of aromatic nitrogens is 4. The van der Waals surface area contributed by atoms with E-state index in [4.69, 9.17) is 4.74 Å². The third-order valence-corrected chi connectivity index (χ3v) is 2.26. The number of hydrogen-bond acceptors (Lipinski definition) is 5. The van der Waals surface area contributed by atoms with Gasteiger partial charge in [-0.2, -0.15) is 5.10 Å². The lowest BCUT2D eigenvalue weighted by Crippen LogP contribution is -2.06. The molecule has 6 heteroatoms. The summed E-state index contributed by atoms with van der Waals surface area (Å²) in [5, 5.41) is 4.00. The Labute approximate surface area is 98.3 Å². The first kappa shape index (κ1) is 11.3. The Balaban J connectivity index is 2.14. The van der Waals surface area contributed by atoms with Crippen molar-refractivity contribution in [1.29, 1.82) is 0 Å². The predicted molar refractivity (Wildman–Crippen MR) is 59.8 cm³/mol. The summed E-state index contributed by atoms with van der Waals surface area (Å²) in [4.78, 5) is 19.7. The molecule has 0 unspecified atom stereocenters. The van der Waals surface area contributed by atoms with Crippen molar-refractivity contribution in [3.8, 4) is 5.88 Å². The van der Waals surface area contributed by atoms with Gasteiger partial charge in [0.05, 0.1) is 13.3 Å². The van der Waals surface area contributed by atoms with Crippen molar-refractivity contribution >= 4 is 5.78 Å². The van der Waals surface area contributed by atoms with E-state index in [-0.39, 0.29) is 12.2 Å². The summed E-state index contributed by atoms with van der Waals surface area (Å²) < 4.78 is 6.60. The summed E-state index contributed by atoms with van der Waals surface area (Å²) in [5.41, 5.74) is 1.20. The van der Waals surface area contributed by atoms with E-state index in [0.29, 0.717) is 11.6 Å². The van der Waals surface area contributed by atoms with Gasteiger partial charge in [0.2, 0.25) is 5.88 Å². The highest BCUT2D eigenvalue weighted by molar-refractivity contribution is 5.95. The third-order valence-electron chi connectivity index (χ3n) is 2.26. The molecule has 2 aromatic rings. The van der Waals surface area contributed by atoms with Crippen molar-refractivity contribution in [2.24, 2.45) is 7.05 Å². The number of ketones is 1. The van der Waals surface area contributed by atoms with Crippen LogP contribution in [0.3, 0.4) is 0 Å². The maximum absolute atomic E-state index is 11.9. The van der Waals surface area contributed by atoms with Gasteiger partial charge >= 0.3 is 0 Å². The summed E-state index contributed by atoms with van der Waals surface area (Å²) in [6, 6.07) is 1.53. The van der Waals surface area contributed by atoms with E-state index in [1.54, 1.807) is 17.1 Å². The molecule has 2 rings (SSSR count). The average Bonchev–Trinajstić information content (AvgIpc) is 2.75. The fourth-order valence-electron chi connectivity index (χ4n) is 1.44. The van der Waals surface area contributed by atoms with E-state index in [0.717, 1.165) is 5.56 Å². The van der Waals surface area contributed by atoms with Crippen LogP contribution in [-0.4, -0.2) is 32.6 Å². The maximum Gasteiger partial charge on any atom is 0.216 e. The second kappa shape index (κ2) is 4.73. The molecule has 0 saturated heterocycles. The maximum atomic E-state index is 11.9. The molecule has 6 nitrogen and oxygen atoms in total. The monoisotopic (exact) mass is 232 g/mol. The molecule has 0 amide bonds. The minimum Gasteiger partial charge on any atom is -0.481 e. The van der Waals surface area contributed by atoms with E-state index in [1.165, 1.54) is 19.5 Å². The molecule has 0 aliphatic rings. The molecular formula is C11H12N4O2. The molecule has 17 heavy (non-hydrogen) atoms. The average molecular weight is 232 g/mol. The zero-order valence-corrected chi connectivity index (χ0v) is 9.62. The number of aryl methyl sites for hydroxylation is 1. The molecule has 0 aromatic carbocycles. The van der Waals surface area contributed by atoms with E-state index < -0.39 is 0 Å². The summed E-state index contributed by atoms with van der Waals surface area (Å²) in [7, 11) is 3.30. The normalized spacial score (nSPS) is 10.2. The van der Waals surface area contributed by atoms with Crippen LogP contribution in [0.2, 0.25) is 0 Å². The highest BCUT2D eigenvalue weighted by atomic mass is 16.5. The SMILES string of the molecule is COc1cc(C(=O)Cc2cnn(C)c2)ncn1. The summed E-state index contributed by atoms with van der Waals surface area (Å²) in [6.45, 7) is 0. The smallest absolute Gasteiger partial charge is 0.216 e. The van der Waals surface area contributed by atoms with Crippen LogP contribution >= 0.6 is 0 Å². The van der Waals surface area contributed by atoms with Crippen LogP contribution in [0.4, 0.5) is 0 Å². The van der Waals surface area contributed by atoms with Gasteiger partial charge < -0.3 is 4.74 Å². The van der Waals surface area contributed by atoms with E-state index in [1.807, 2.05) is 7.05 Å². The first-order valence-corrected chi connectivity index (χ1v) is 5.06. The van der Waals surface area contributed by atoms with Crippen LogP contribution in [0.15, 0.2) is 24.8 Å². The second-order valence-corrected chi connectivity index (χ2v) is 3.57. The third kappa shape index (κ3) is 2.66. The molecule has 0 saturated carbocycles. The highest BCUT2D eigenvalue weighted by Gasteiger charge is 2.11. The van der Waals surface area contributed by atoms with Gasteiger partial charge in [-0.3, -0.25) is 9.48 Å². The lowest BCUT2D eigenvalue weighted by molar-refractivity contribution is 0.0987. The molecule has 2 heterocycles. The standard InChI is InChI=1S/C11H12N4O2/c1-15-6-8(5-14-15)3-10(16)9-4-11(17-2)13-7-12-9/h4-7H,3H2,1-2H3. The van der Waals surface area contributed by atoms with Crippen molar-refractivity contribution in [2.75, 3.05) is 7.11 Å². The molecule has 88 valence electrons. The molecule has 0 aliphatic carbocycles. The Hall–Kier alpha value is -2.24. The summed E-state index contributed by atoms with van der Waals surface area (Å²) in [5.74, 6) is 0.299. The van der Waals surface area contributed by atoms with Crippen LogP contribution in [0.1, 0.15) is 16.1 Å². The first-order chi connectivity index (χ1) is 8.19. The number of rotatable bonds is 4. The van der Waals surface area contributed by atoms with E-state index in [2.05, 4.69) is 15.1 Å². The van der Waals surface area contributed by atoms with Crippen molar-refractivity contribution in [2.45, 2.75) is 6.42 Å². The van der Waals surface area contributed by atoms with Gasteiger partial charge in [-0.15, -0.1) is 0 Å². The van der Waals surface area contributed by atoms with Gasteiger partial charge in [-0.1, -0.05) is 0 Å². The first-order valence-electron chi connectivity index (χ1n) is 5.06. The van der Waals surface area contributed by atoms with Crippen molar-refractivity contribution in [1.82, 2.24) is 19.7 Å². The van der Waals surface area contributed by atoms with Crippen LogP contribution in [0.5, 0.6) is 5.88 Å². The van der Waals surface area contributed by atoms with Crippen LogP contribution in [0.25, 0.3) is 0 Å². The zero-order valence-electron chi connectivity index (χ0n) is 9.62. The van der Waals surface area contributed by atoms with Crippen molar-refractivity contribution in [3.05, 3.63) is 36.0 Å². The predicted octanol–water partition coefficient (Wildman–Crippen LogP) is 0.644. The lowest BCUT2D eigenvalue weighted by atomic mass is 10.1. The zero-order chi connectivity index (χ0) is 12.3. The van der Waals surface area contributed by atoms with E-state index >= 15 is 0 Å². The number of carbonyl (C=O) groups excluding carboxylic acids is 1. The molecule has 0 radical (unpaired) electrons. The fourth-order valence-corrected chi connectivity index (χ4v) is 1.44. The number of Topliss-reactive ketones (excluding diaryl/α,β-unsaturated/α-hetero) is 1. The minimum atomic E-state index is -0.0845. The topological polar surface area (TPSA) is 69.9 Å². The van der Waals surface area contributed by atoms with Gasteiger partial charge in [-0.05, 0) is 5.56 Å². The van der Waals surface area contributed by atoms with Crippen LogP contribution in [0, 0.1) is 0 Å². The Bertz CT molecular complexity index is 536. The van der Waals surface area contributed by atoms with Crippen LogP contribution < -0.4 is 4.74 Å². The minimum absolute atomic E-state index is 0.0845. The number of carbonyl (C=O) groups is 1. The molecule has 0 atom stereocenters. The molecule has 0 fully saturated rings. The van der Waals surface area contributed by atoms with Gasteiger partial charge in [0.15, 0.2) is 5.78 Å². The summed E-state index contributed by atoms with van der Waals surface area (Å²) in [6.07, 6.45) is 5.05. The molecule has 2 aromatic heterocycles. The molecule has 0 spiro atoms. The van der Waals surface area contributed by atoms with Gasteiger partial charge in [0.25, 0.3) is 0 Å². The highest BCUT2D eigenvalue weighted by Crippen LogP contribution is 2.09. The Kier molecular flexibility index (Phi) is 3.13. The quantitative estimate of drug-likeness (QED) is 0.724.